The fraction of sp³-hybridized carbons (Fsp3) is 0.931. The molecule has 0 saturated heterocycles. The van der Waals surface area contributed by atoms with E-state index in [0.29, 0.717) is 10.8 Å². The molecule has 0 aromatic heterocycles. The molecule has 1 N–H and O–H groups in total. The molecule has 4 rings (SSSR count). The lowest BCUT2D eigenvalue weighted by Crippen LogP contribution is -2.49. The maximum atomic E-state index is 10.3. The lowest BCUT2D eigenvalue weighted by atomic mass is 9.47. The highest BCUT2D eigenvalue weighted by Gasteiger charge is 2.58. The van der Waals surface area contributed by atoms with Crippen molar-refractivity contribution in [2.75, 3.05) is 0 Å². The molecule has 172 valence electrons. The van der Waals surface area contributed by atoms with Gasteiger partial charge in [-0.05, 0) is 110 Å². The maximum Gasteiger partial charge on any atom is 0.0543 e. The standard InChI is InChI=1S/C29H50O/c1-7-21(19(2)3)9-8-20(4)25-12-13-26-24-11-10-22-18-23(30)14-16-28(22,5)27(24)15-17-29(25,26)6/h11,19-23,25-27,30H,7-10,12-18H2,1-6H3/t20-,21-,22+,23+,25-,26+,27-,28+,29-/m1/s1. The largest absolute Gasteiger partial charge is 0.393 e. The molecule has 0 aromatic rings. The molecule has 0 radical (unpaired) electrons. The predicted octanol–water partition coefficient (Wildman–Crippen LogP) is 8.02. The Morgan fingerprint density at radius 1 is 0.967 bits per heavy atom. The third-order valence-electron chi connectivity index (χ3n) is 11.3. The first-order chi connectivity index (χ1) is 14.2. The van der Waals surface area contributed by atoms with Gasteiger partial charge in [0.2, 0.25) is 0 Å². The van der Waals surface area contributed by atoms with E-state index in [1.165, 1.54) is 57.8 Å². The zero-order valence-corrected chi connectivity index (χ0v) is 20.9. The van der Waals surface area contributed by atoms with E-state index in [0.717, 1.165) is 54.3 Å². The van der Waals surface area contributed by atoms with Gasteiger partial charge >= 0.3 is 0 Å². The normalized spacial score (nSPS) is 45.3. The molecule has 0 heterocycles. The average molecular weight is 415 g/mol. The Morgan fingerprint density at radius 3 is 2.37 bits per heavy atom. The van der Waals surface area contributed by atoms with Gasteiger partial charge in [0.15, 0.2) is 0 Å². The van der Waals surface area contributed by atoms with Gasteiger partial charge in [0.25, 0.3) is 0 Å². The van der Waals surface area contributed by atoms with Crippen LogP contribution < -0.4 is 0 Å². The van der Waals surface area contributed by atoms with Crippen molar-refractivity contribution in [2.24, 2.45) is 52.3 Å². The summed E-state index contributed by atoms with van der Waals surface area (Å²) >= 11 is 0. The summed E-state index contributed by atoms with van der Waals surface area (Å²) in [5.41, 5.74) is 2.88. The number of fused-ring (bicyclic) bond motifs is 5. The van der Waals surface area contributed by atoms with Gasteiger partial charge in [-0.15, -0.1) is 0 Å². The van der Waals surface area contributed by atoms with Crippen molar-refractivity contribution in [3.8, 4) is 0 Å². The minimum Gasteiger partial charge on any atom is -0.393 e. The van der Waals surface area contributed by atoms with E-state index in [9.17, 15) is 5.11 Å². The smallest absolute Gasteiger partial charge is 0.0543 e. The fourth-order valence-electron chi connectivity index (χ4n) is 9.15. The van der Waals surface area contributed by atoms with E-state index in [2.05, 4.69) is 47.6 Å². The van der Waals surface area contributed by atoms with Crippen LogP contribution in [0, 0.1) is 52.3 Å². The van der Waals surface area contributed by atoms with E-state index in [1.54, 1.807) is 0 Å². The van der Waals surface area contributed by atoms with Crippen LogP contribution in [0.5, 0.6) is 0 Å². The fourth-order valence-corrected chi connectivity index (χ4v) is 9.15. The first-order valence-corrected chi connectivity index (χ1v) is 13.6. The second kappa shape index (κ2) is 8.57. The van der Waals surface area contributed by atoms with Gasteiger partial charge < -0.3 is 5.11 Å². The van der Waals surface area contributed by atoms with Crippen LogP contribution in [-0.4, -0.2) is 11.2 Å². The van der Waals surface area contributed by atoms with Crippen molar-refractivity contribution in [1.82, 2.24) is 0 Å². The van der Waals surface area contributed by atoms with Crippen molar-refractivity contribution >= 4 is 0 Å². The summed E-state index contributed by atoms with van der Waals surface area (Å²) in [6.45, 7) is 15.1. The molecule has 30 heavy (non-hydrogen) atoms. The number of hydrogen-bond donors (Lipinski definition) is 1. The Balaban J connectivity index is 1.48. The number of aliphatic hydroxyl groups excluding tert-OH is 1. The first-order valence-electron chi connectivity index (χ1n) is 13.6. The van der Waals surface area contributed by atoms with E-state index < -0.39 is 0 Å². The first kappa shape index (κ1) is 22.9. The Labute approximate surface area is 187 Å². The second-order valence-electron chi connectivity index (χ2n) is 12.9. The van der Waals surface area contributed by atoms with Gasteiger partial charge in [-0.25, -0.2) is 0 Å². The number of allylic oxidation sites excluding steroid dienone is 2. The summed E-state index contributed by atoms with van der Waals surface area (Å²) < 4.78 is 0. The molecule has 3 fully saturated rings. The summed E-state index contributed by atoms with van der Waals surface area (Å²) in [6, 6.07) is 0. The molecule has 0 aliphatic heterocycles. The third-order valence-corrected chi connectivity index (χ3v) is 11.3. The van der Waals surface area contributed by atoms with Crippen LogP contribution in [0.3, 0.4) is 0 Å². The summed E-state index contributed by atoms with van der Waals surface area (Å²) in [7, 11) is 0. The minimum absolute atomic E-state index is 0.0404. The number of hydrogen-bond acceptors (Lipinski definition) is 1. The van der Waals surface area contributed by atoms with Gasteiger partial charge in [-0.2, -0.15) is 0 Å². The zero-order valence-electron chi connectivity index (χ0n) is 20.9. The topological polar surface area (TPSA) is 20.2 Å². The third kappa shape index (κ3) is 3.74. The molecule has 3 saturated carbocycles. The molecule has 0 aromatic carbocycles. The van der Waals surface area contributed by atoms with Crippen molar-refractivity contribution in [2.45, 2.75) is 118 Å². The SMILES string of the molecule is CC[C@H](CC[C@@H](C)[C@H]1CC[C@H]2C3=CC[C@H]4C[C@@H](O)CC[C@]4(C)[C@@H]3CC[C@]12C)C(C)C. The molecule has 0 spiro atoms. The second-order valence-corrected chi connectivity index (χ2v) is 12.9. The lowest BCUT2D eigenvalue weighted by Gasteiger charge is -2.57. The molecule has 9 atom stereocenters. The van der Waals surface area contributed by atoms with Gasteiger partial charge in [0.1, 0.15) is 0 Å². The van der Waals surface area contributed by atoms with Crippen LogP contribution in [0.25, 0.3) is 0 Å². The average Bonchev–Trinajstić information content (AvgIpc) is 3.06. The summed E-state index contributed by atoms with van der Waals surface area (Å²) in [5.74, 6) is 5.92. The quantitative estimate of drug-likeness (QED) is 0.436. The molecule has 0 bridgehead atoms. The van der Waals surface area contributed by atoms with E-state index in [1.807, 2.05) is 5.57 Å². The predicted molar refractivity (Wildman–Crippen MR) is 128 cm³/mol. The van der Waals surface area contributed by atoms with Crippen LogP contribution in [0.2, 0.25) is 0 Å². The Morgan fingerprint density at radius 2 is 1.67 bits per heavy atom. The molecule has 0 unspecified atom stereocenters. The van der Waals surface area contributed by atoms with Crippen LogP contribution in [0.4, 0.5) is 0 Å². The summed E-state index contributed by atoms with van der Waals surface area (Å²) in [5, 5.41) is 10.3. The van der Waals surface area contributed by atoms with Crippen molar-refractivity contribution in [1.29, 1.82) is 0 Å². The van der Waals surface area contributed by atoms with E-state index in [-0.39, 0.29) is 6.10 Å². The van der Waals surface area contributed by atoms with E-state index >= 15 is 0 Å². The minimum atomic E-state index is -0.0404. The van der Waals surface area contributed by atoms with E-state index in [4.69, 9.17) is 0 Å². The zero-order chi connectivity index (χ0) is 21.7. The van der Waals surface area contributed by atoms with Gasteiger partial charge in [-0.1, -0.05) is 66.0 Å². The monoisotopic (exact) mass is 414 g/mol. The summed E-state index contributed by atoms with van der Waals surface area (Å²) in [4.78, 5) is 0. The Bertz CT molecular complexity index is 634. The van der Waals surface area contributed by atoms with Crippen LogP contribution in [0.15, 0.2) is 11.6 Å². The molecular weight excluding hydrogens is 364 g/mol. The van der Waals surface area contributed by atoms with Gasteiger partial charge in [-0.3, -0.25) is 0 Å². The number of aliphatic hydroxyl groups is 1. The highest BCUT2D eigenvalue weighted by Crippen LogP contribution is 2.67. The lowest BCUT2D eigenvalue weighted by molar-refractivity contribution is -0.0428. The molecule has 4 aliphatic rings. The molecule has 4 aliphatic carbocycles. The summed E-state index contributed by atoms with van der Waals surface area (Å²) in [6.07, 6.45) is 17.2. The van der Waals surface area contributed by atoms with Crippen LogP contribution in [-0.2, 0) is 0 Å². The highest BCUT2D eigenvalue weighted by atomic mass is 16.3. The van der Waals surface area contributed by atoms with Crippen molar-refractivity contribution < 1.29 is 5.11 Å². The molecule has 0 amide bonds. The van der Waals surface area contributed by atoms with Crippen molar-refractivity contribution in [3.05, 3.63) is 11.6 Å². The highest BCUT2D eigenvalue weighted by molar-refractivity contribution is 5.27. The molecule has 1 heteroatoms. The van der Waals surface area contributed by atoms with Gasteiger partial charge in [0.05, 0.1) is 6.10 Å². The Kier molecular flexibility index (Phi) is 6.53. The van der Waals surface area contributed by atoms with Crippen molar-refractivity contribution in [3.63, 3.8) is 0 Å². The number of rotatable bonds is 6. The Hall–Kier alpha value is -0.300. The van der Waals surface area contributed by atoms with Crippen LogP contribution >= 0.6 is 0 Å². The van der Waals surface area contributed by atoms with Gasteiger partial charge in [0, 0.05) is 0 Å². The maximum absolute atomic E-state index is 10.3. The van der Waals surface area contributed by atoms with Crippen LogP contribution in [0.1, 0.15) is 112 Å². The molecule has 1 nitrogen and oxygen atoms in total. The molecular formula is C29H50O.